The number of thiophene rings is 1. The van der Waals surface area contributed by atoms with Crippen LogP contribution in [0.5, 0.6) is 0 Å². The fourth-order valence-corrected chi connectivity index (χ4v) is 3.17. The molecule has 26 heavy (non-hydrogen) atoms. The standard InChI is InChI=1S/C18H23N5O2S/c1-14-13-16(23-8-10-25-11-9-23)22-18(21-14)20-7-6-19-17(24)5-4-15-3-2-12-26-15/h2-5,12-13H,6-11H2,1H3,(H,19,24)(H,20,21,22)/b5-4+. The monoisotopic (exact) mass is 373 g/mol. The van der Waals surface area contributed by atoms with Crippen molar-refractivity contribution in [3.8, 4) is 0 Å². The fourth-order valence-electron chi connectivity index (χ4n) is 2.55. The molecular weight excluding hydrogens is 350 g/mol. The smallest absolute Gasteiger partial charge is 0.244 e. The molecule has 1 amide bonds. The van der Waals surface area contributed by atoms with Gasteiger partial charge in [-0.3, -0.25) is 4.79 Å². The molecule has 1 aliphatic rings. The summed E-state index contributed by atoms with van der Waals surface area (Å²) in [6.45, 7) is 6.12. The third-order valence-electron chi connectivity index (χ3n) is 3.83. The third-order valence-corrected chi connectivity index (χ3v) is 4.66. The van der Waals surface area contributed by atoms with Crippen molar-refractivity contribution in [2.45, 2.75) is 6.92 Å². The van der Waals surface area contributed by atoms with Gasteiger partial charge in [0.15, 0.2) is 0 Å². The Morgan fingerprint density at radius 3 is 2.96 bits per heavy atom. The molecule has 0 aromatic carbocycles. The minimum absolute atomic E-state index is 0.112. The molecule has 0 atom stereocenters. The van der Waals surface area contributed by atoms with Crippen molar-refractivity contribution in [2.24, 2.45) is 0 Å². The first kappa shape index (κ1) is 18.3. The molecule has 2 aromatic heterocycles. The topological polar surface area (TPSA) is 79.4 Å². The van der Waals surface area contributed by atoms with E-state index in [1.165, 1.54) is 0 Å². The molecular formula is C18H23N5O2S. The Balaban J connectivity index is 1.45. The van der Waals surface area contributed by atoms with Crippen molar-refractivity contribution in [3.63, 3.8) is 0 Å². The van der Waals surface area contributed by atoms with E-state index >= 15 is 0 Å². The van der Waals surface area contributed by atoms with Crippen molar-refractivity contribution >= 4 is 35.1 Å². The summed E-state index contributed by atoms with van der Waals surface area (Å²) in [6, 6.07) is 5.91. The largest absolute Gasteiger partial charge is 0.378 e. The summed E-state index contributed by atoms with van der Waals surface area (Å²) in [7, 11) is 0. The molecule has 1 aliphatic heterocycles. The zero-order valence-electron chi connectivity index (χ0n) is 14.8. The second-order valence-electron chi connectivity index (χ2n) is 5.86. The first-order valence-electron chi connectivity index (χ1n) is 8.62. The molecule has 0 radical (unpaired) electrons. The lowest BCUT2D eigenvalue weighted by molar-refractivity contribution is -0.116. The SMILES string of the molecule is Cc1cc(N2CCOCC2)nc(NCCNC(=O)/C=C/c2cccs2)n1. The van der Waals surface area contributed by atoms with Crippen molar-refractivity contribution in [3.05, 3.63) is 40.2 Å². The van der Waals surface area contributed by atoms with Gasteiger partial charge in [0.25, 0.3) is 0 Å². The Hall–Kier alpha value is -2.45. The first-order valence-corrected chi connectivity index (χ1v) is 9.50. The quantitative estimate of drug-likeness (QED) is 0.570. The van der Waals surface area contributed by atoms with E-state index < -0.39 is 0 Å². The summed E-state index contributed by atoms with van der Waals surface area (Å²) in [5, 5.41) is 8.00. The predicted molar refractivity (Wildman–Crippen MR) is 105 cm³/mol. The van der Waals surface area contributed by atoms with Gasteiger partial charge in [0.2, 0.25) is 11.9 Å². The maximum Gasteiger partial charge on any atom is 0.244 e. The highest BCUT2D eigenvalue weighted by Gasteiger charge is 2.14. The van der Waals surface area contributed by atoms with Crippen LogP contribution in [0, 0.1) is 6.92 Å². The summed E-state index contributed by atoms with van der Waals surface area (Å²) < 4.78 is 5.38. The molecule has 3 rings (SSSR count). The number of nitrogens with zero attached hydrogens (tertiary/aromatic N) is 3. The fraction of sp³-hybridized carbons (Fsp3) is 0.389. The van der Waals surface area contributed by atoms with Crippen LogP contribution in [0.15, 0.2) is 29.7 Å². The lowest BCUT2D eigenvalue weighted by atomic mass is 10.3. The van der Waals surface area contributed by atoms with Crippen LogP contribution in [-0.4, -0.2) is 55.3 Å². The van der Waals surface area contributed by atoms with Crippen LogP contribution < -0.4 is 15.5 Å². The molecule has 0 saturated carbocycles. The van der Waals surface area contributed by atoms with Gasteiger partial charge in [-0.2, -0.15) is 4.98 Å². The average molecular weight is 373 g/mol. The molecule has 3 heterocycles. The van der Waals surface area contributed by atoms with Crippen LogP contribution in [0.25, 0.3) is 6.08 Å². The number of ether oxygens (including phenoxy) is 1. The molecule has 8 heteroatoms. The molecule has 2 N–H and O–H groups in total. The predicted octanol–water partition coefficient (Wildman–Crippen LogP) is 1.92. The number of hydrogen-bond donors (Lipinski definition) is 2. The molecule has 1 saturated heterocycles. The second kappa shape index (κ2) is 9.30. The molecule has 0 bridgehead atoms. The number of nitrogens with one attached hydrogen (secondary N) is 2. The zero-order valence-corrected chi connectivity index (χ0v) is 15.6. The van der Waals surface area contributed by atoms with Gasteiger partial charge >= 0.3 is 0 Å². The van der Waals surface area contributed by atoms with Gasteiger partial charge in [-0.15, -0.1) is 11.3 Å². The number of morpholine rings is 1. The third kappa shape index (κ3) is 5.53. The number of hydrogen-bond acceptors (Lipinski definition) is 7. The van der Waals surface area contributed by atoms with E-state index in [9.17, 15) is 4.79 Å². The van der Waals surface area contributed by atoms with Gasteiger partial charge in [0, 0.05) is 48.9 Å². The minimum atomic E-state index is -0.112. The lowest BCUT2D eigenvalue weighted by Crippen LogP contribution is -2.37. The number of rotatable bonds is 7. The summed E-state index contributed by atoms with van der Waals surface area (Å²) >= 11 is 1.60. The van der Waals surface area contributed by atoms with Gasteiger partial charge in [0.1, 0.15) is 5.82 Å². The van der Waals surface area contributed by atoms with Crippen molar-refractivity contribution < 1.29 is 9.53 Å². The molecule has 0 unspecified atom stereocenters. The highest BCUT2D eigenvalue weighted by atomic mass is 32.1. The van der Waals surface area contributed by atoms with Crippen LogP contribution >= 0.6 is 11.3 Å². The first-order chi connectivity index (χ1) is 12.7. The maximum atomic E-state index is 11.8. The molecule has 0 aliphatic carbocycles. The molecule has 7 nitrogen and oxygen atoms in total. The van der Waals surface area contributed by atoms with Crippen LogP contribution in [0.4, 0.5) is 11.8 Å². The van der Waals surface area contributed by atoms with Gasteiger partial charge in [-0.05, 0) is 24.4 Å². The number of anilines is 2. The van der Waals surface area contributed by atoms with E-state index in [1.54, 1.807) is 17.4 Å². The summed E-state index contributed by atoms with van der Waals surface area (Å²) in [6.07, 6.45) is 3.36. The van der Waals surface area contributed by atoms with E-state index in [-0.39, 0.29) is 5.91 Å². The summed E-state index contributed by atoms with van der Waals surface area (Å²) in [5.74, 6) is 1.38. The van der Waals surface area contributed by atoms with Gasteiger partial charge in [0.05, 0.1) is 13.2 Å². The minimum Gasteiger partial charge on any atom is -0.378 e. The van der Waals surface area contributed by atoms with Gasteiger partial charge in [-0.1, -0.05) is 6.07 Å². The number of amides is 1. The van der Waals surface area contributed by atoms with E-state index in [2.05, 4.69) is 25.5 Å². The van der Waals surface area contributed by atoms with Crippen molar-refractivity contribution in [1.82, 2.24) is 15.3 Å². The molecule has 2 aromatic rings. The van der Waals surface area contributed by atoms with Crippen molar-refractivity contribution in [2.75, 3.05) is 49.6 Å². The highest BCUT2D eigenvalue weighted by molar-refractivity contribution is 7.10. The number of carbonyl (C=O) groups is 1. The second-order valence-corrected chi connectivity index (χ2v) is 6.84. The lowest BCUT2D eigenvalue weighted by Gasteiger charge is -2.28. The van der Waals surface area contributed by atoms with Crippen LogP contribution in [0.3, 0.4) is 0 Å². The maximum absolute atomic E-state index is 11.8. The average Bonchev–Trinajstić information content (AvgIpc) is 3.17. The summed E-state index contributed by atoms with van der Waals surface area (Å²) in [4.78, 5) is 24.0. The van der Waals surface area contributed by atoms with Gasteiger partial charge in [-0.25, -0.2) is 4.98 Å². The van der Waals surface area contributed by atoms with Gasteiger partial charge < -0.3 is 20.3 Å². The zero-order chi connectivity index (χ0) is 18.2. The number of aromatic nitrogens is 2. The Kier molecular flexibility index (Phi) is 6.56. The molecule has 138 valence electrons. The number of carbonyl (C=O) groups excluding carboxylic acids is 1. The number of aryl methyl sites for hydroxylation is 1. The van der Waals surface area contributed by atoms with E-state index in [1.807, 2.05) is 36.6 Å². The van der Waals surface area contributed by atoms with Crippen LogP contribution in [0.1, 0.15) is 10.6 Å². The molecule has 1 fully saturated rings. The van der Waals surface area contributed by atoms with E-state index in [0.29, 0.717) is 19.0 Å². The normalized spacial score (nSPS) is 14.6. The molecule has 0 spiro atoms. The Morgan fingerprint density at radius 2 is 2.19 bits per heavy atom. The van der Waals surface area contributed by atoms with E-state index in [0.717, 1.165) is 42.7 Å². The summed E-state index contributed by atoms with van der Waals surface area (Å²) in [5.41, 5.74) is 0.909. The van der Waals surface area contributed by atoms with E-state index in [4.69, 9.17) is 4.74 Å². The van der Waals surface area contributed by atoms with Crippen LogP contribution in [-0.2, 0) is 9.53 Å². The Labute approximate surface area is 157 Å². The Bertz CT molecular complexity index is 742. The van der Waals surface area contributed by atoms with Crippen molar-refractivity contribution in [1.29, 1.82) is 0 Å². The Morgan fingerprint density at radius 1 is 1.35 bits per heavy atom. The van der Waals surface area contributed by atoms with Crippen LogP contribution in [0.2, 0.25) is 0 Å². The highest BCUT2D eigenvalue weighted by Crippen LogP contribution is 2.16.